The van der Waals surface area contributed by atoms with E-state index in [1.54, 1.807) is 11.0 Å². The van der Waals surface area contributed by atoms with Crippen LogP contribution in [0.1, 0.15) is 22.3 Å². The van der Waals surface area contributed by atoms with Crippen LogP contribution in [0, 0.1) is 13.8 Å². The van der Waals surface area contributed by atoms with Crippen LogP contribution in [-0.4, -0.2) is 34.6 Å². The van der Waals surface area contributed by atoms with Crippen LogP contribution in [0.2, 0.25) is 0 Å². The molecule has 6 heteroatoms. The molecule has 0 fully saturated rings. The van der Waals surface area contributed by atoms with Gasteiger partial charge < -0.3 is 9.64 Å². The Bertz CT molecular complexity index is 745. The fourth-order valence-corrected chi connectivity index (χ4v) is 3.00. The first kappa shape index (κ1) is 15.3. The minimum Gasteiger partial charge on any atom is -0.481 e. The summed E-state index contributed by atoms with van der Waals surface area (Å²) in [5.41, 5.74) is 5.12. The highest BCUT2D eigenvalue weighted by Crippen LogP contribution is 2.24. The molecule has 0 radical (unpaired) electrons. The Balaban J connectivity index is 1.74. The number of hydrogen-bond acceptors (Lipinski definition) is 4. The summed E-state index contributed by atoms with van der Waals surface area (Å²) in [6, 6.07) is 5.80. The van der Waals surface area contributed by atoms with Crippen LogP contribution in [0.3, 0.4) is 0 Å². The van der Waals surface area contributed by atoms with E-state index in [0.717, 1.165) is 6.42 Å². The maximum absolute atomic E-state index is 12.5. The van der Waals surface area contributed by atoms with Gasteiger partial charge in [0.05, 0.1) is 7.11 Å². The highest BCUT2D eigenvalue weighted by Gasteiger charge is 2.22. The molecule has 6 nitrogen and oxygen atoms in total. The normalized spacial score (nSPS) is 13.4. The Hall–Kier alpha value is -2.63. The Morgan fingerprint density at radius 2 is 2.09 bits per heavy atom. The van der Waals surface area contributed by atoms with E-state index in [0.29, 0.717) is 24.8 Å². The van der Waals surface area contributed by atoms with Gasteiger partial charge in [-0.2, -0.15) is 0 Å². The molecule has 0 saturated heterocycles. The van der Waals surface area contributed by atoms with E-state index in [-0.39, 0.29) is 6.03 Å². The van der Waals surface area contributed by atoms with Crippen LogP contribution >= 0.6 is 0 Å². The lowest BCUT2D eigenvalue weighted by atomic mass is 9.93. The molecular weight excluding hydrogens is 292 g/mol. The van der Waals surface area contributed by atoms with Crippen molar-refractivity contribution in [2.24, 2.45) is 0 Å². The third-order valence-corrected chi connectivity index (χ3v) is 4.08. The van der Waals surface area contributed by atoms with Gasteiger partial charge in [0, 0.05) is 19.2 Å². The molecule has 0 unspecified atom stereocenters. The third-order valence-electron chi connectivity index (χ3n) is 4.08. The van der Waals surface area contributed by atoms with Crippen molar-refractivity contribution in [1.82, 2.24) is 14.9 Å². The summed E-state index contributed by atoms with van der Waals surface area (Å²) in [4.78, 5) is 22.2. The third kappa shape index (κ3) is 3.26. The zero-order chi connectivity index (χ0) is 16.4. The molecule has 3 rings (SSSR count). The number of anilines is 1. The standard InChI is InChI=1S/C17H20N4O2/c1-11-6-12(2)14-4-5-21(9-13(14)7-11)17(22)20-15-8-16(23-3)19-10-18-15/h6-8,10H,4-5,9H2,1-3H3,(H,18,19,20,22). The van der Waals surface area contributed by atoms with Gasteiger partial charge in [0.1, 0.15) is 12.1 Å². The van der Waals surface area contributed by atoms with E-state index in [9.17, 15) is 4.79 Å². The predicted octanol–water partition coefficient (Wildman–Crippen LogP) is 2.69. The fourth-order valence-electron chi connectivity index (χ4n) is 3.00. The van der Waals surface area contributed by atoms with Crippen LogP contribution in [0.4, 0.5) is 10.6 Å². The van der Waals surface area contributed by atoms with E-state index in [1.165, 1.54) is 35.7 Å². The van der Waals surface area contributed by atoms with Gasteiger partial charge in [-0.25, -0.2) is 14.8 Å². The van der Waals surface area contributed by atoms with Gasteiger partial charge in [-0.05, 0) is 37.0 Å². The predicted molar refractivity (Wildman–Crippen MR) is 87.6 cm³/mol. The molecule has 0 spiro atoms. The minimum absolute atomic E-state index is 0.157. The molecule has 120 valence electrons. The molecule has 2 amide bonds. The summed E-state index contributed by atoms with van der Waals surface area (Å²) in [5, 5.41) is 2.80. The molecule has 1 aromatic heterocycles. The lowest BCUT2D eigenvalue weighted by molar-refractivity contribution is 0.206. The van der Waals surface area contributed by atoms with Crippen molar-refractivity contribution < 1.29 is 9.53 Å². The Kier molecular flexibility index (Phi) is 4.14. The number of ether oxygens (including phenoxy) is 1. The first-order valence-corrected chi connectivity index (χ1v) is 7.58. The van der Waals surface area contributed by atoms with Crippen LogP contribution in [0.25, 0.3) is 0 Å². The van der Waals surface area contributed by atoms with Crippen LogP contribution in [0.15, 0.2) is 24.5 Å². The van der Waals surface area contributed by atoms with Gasteiger partial charge >= 0.3 is 6.03 Å². The van der Waals surface area contributed by atoms with Crippen LogP contribution in [0.5, 0.6) is 5.88 Å². The number of urea groups is 1. The van der Waals surface area contributed by atoms with Gasteiger partial charge in [-0.3, -0.25) is 5.32 Å². The summed E-state index contributed by atoms with van der Waals surface area (Å²) in [5.74, 6) is 0.860. The topological polar surface area (TPSA) is 67.3 Å². The van der Waals surface area contributed by atoms with Gasteiger partial charge in [0.25, 0.3) is 0 Å². The van der Waals surface area contributed by atoms with Crippen LogP contribution in [-0.2, 0) is 13.0 Å². The second-order valence-corrected chi connectivity index (χ2v) is 5.77. The average Bonchev–Trinajstić information content (AvgIpc) is 2.54. The fraction of sp³-hybridized carbons (Fsp3) is 0.353. The van der Waals surface area contributed by atoms with Gasteiger partial charge in [0.2, 0.25) is 5.88 Å². The summed E-state index contributed by atoms with van der Waals surface area (Å²) < 4.78 is 5.04. The smallest absolute Gasteiger partial charge is 0.323 e. The van der Waals surface area contributed by atoms with E-state index in [2.05, 4.69) is 41.3 Å². The minimum atomic E-state index is -0.157. The number of amides is 2. The van der Waals surface area contributed by atoms with E-state index >= 15 is 0 Å². The number of nitrogens with zero attached hydrogens (tertiary/aromatic N) is 3. The second-order valence-electron chi connectivity index (χ2n) is 5.77. The summed E-state index contributed by atoms with van der Waals surface area (Å²) in [6.45, 7) is 5.53. The molecular formula is C17H20N4O2. The number of fused-ring (bicyclic) bond motifs is 1. The zero-order valence-electron chi connectivity index (χ0n) is 13.6. The molecule has 0 bridgehead atoms. The number of aryl methyl sites for hydroxylation is 2. The number of hydrogen-bond donors (Lipinski definition) is 1. The average molecular weight is 312 g/mol. The van der Waals surface area contributed by atoms with Crippen molar-refractivity contribution >= 4 is 11.8 Å². The Morgan fingerprint density at radius 3 is 2.87 bits per heavy atom. The number of nitrogens with one attached hydrogen (secondary N) is 1. The monoisotopic (exact) mass is 312 g/mol. The lowest BCUT2D eigenvalue weighted by Gasteiger charge is -2.30. The molecule has 2 aromatic rings. The summed E-state index contributed by atoms with van der Waals surface area (Å²) in [6.07, 6.45) is 2.24. The Morgan fingerprint density at radius 1 is 1.26 bits per heavy atom. The van der Waals surface area contributed by atoms with Crippen molar-refractivity contribution in [3.8, 4) is 5.88 Å². The van der Waals surface area contributed by atoms with Crippen molar-refractivity contribution in [2.75, 3.05) is 19.0 Å². The molecule has 0 aliphatic carbocycles. The number of carbonyl (C=O) groups excluding carboxylic acids is 1. The summed E-state index contributed by atoms with van der Waals surface area (Å²) in [7, 11) is 1.53. The molecule has 0 atom stereocenters. The number of rotatable bonds is 2. The Labute approximate surface area is 135 Å². The SMILES string of the molecule is COc1cc(NC(=O)N2CCc3c(C)cc(C)cc3C2)ncn1. The molecule has 2 heterocycles. The van der Waals surface area contributed by atoms with Crippen molar-refractivity contribution in [2.45, 2.75) is 26.8 Å². The van der Waals surface area contributed by atoms with Crippen molar-refractivity contribution in [3.05, 3.63) is 46.8 Å². The molecule has 1 aliphatic heterocycles. The summed E-state index contributed by atoms with van der Waals surface area (Å²) >= 11 is 0. The van der Waals surface area contributed by atoms with Crippen molar-refractivity contribution in [3.63, 3.8) is 0 Å². The van der Waals surface area contributed by atoms with Gasteiger partial charge in [-0.15, -0.1) is 0 Å². The van der Waals surface area contributed by atoms with E-state index in [1.807, 2.05) is 0 Å². The molecule has 1 aromatic carbocycles. The first-order valence-electron chi connectivity index (χ1n) is 7.58. The number of benzene rings is 1. The lowest BCUT2D eigenvalue weighted by Crippen LogP contribution is -2.39. The second kappa shape index (κ2) is 6.24. The quantitative estimate of drug-likeness (QED) is 0.926. The van der Waals surface area contributed by atoms with Gasteiger partial charge in [0.15, 0.2) is 0 Å². The molecule has 0 saturated carbocycles. The molecule has 23 heavy (non-hydrogen) atoms. The first-order chi connectivity index (χ1) is 11.1. The highest BCUT2D eigenvalue weighted by molar-refractivity contribution is 5.88. The van der Waals surface area contributed by atoms with E-state index < -0.39 is 0 Å². The highest BCUT2D eigenvalue weighted by atomic mass is 16.5. The zero-order valence-corrected chi connectivity index (χ0v) is 13.6. The maximum atomic E-state index is 12.5. The molecule has 1 N–H and O–H groups in total. The number of carbonyl (C=O) groups is 1. The van der Waals surface area contributed by atoms with E-state index in [4.69, 9.17) is 4.74 Å². The van der Waals surface area contributed by atoms with Crippen LogP contribution < -0.4 is 10.1 Å². The number of aromatic nitrogens is 2. The van der Waals surface area contributed by atoms with Gasteiger partial charge in [-0.1, -0.05) is 17.7 Å². The largest absolute Gasteiger partial charge is 0.481 e. The van der Waals surface area contributed by atoms with Crippen molar-refractivity contribution in [1.29, 1.82) is 0 Å². The molecule has 1 aliphatic rings. The maximum Gasteiger partial charge on any atom is 0.323 e. The number of methoxy groups -OCH3 is 1.